The van der Waals surface area contributed by atoms with E-state index in [-0.39, 0.29) is 18.0 Å². The van der Waals surface area contributed by atoms with Gasteiger partial charge in [0.05, 0.1) is 31.1 Å². The Morgan fingerprint density at radius 3 is 2.69 bits per heavy atom. The standard InChI is InChI=1S/C23H26N6O3/c1-4-27(15-21(30)24-16-9-8-10-17(13-16)32-3)14-20-25-26-23-28(5-2)22(31)18-11-6-7-12-19(18)29(20)23/h6-13H,4-5,14-15H2,1-3H3,(H,24,30). The number of methoxy groups -OCH3 is 1. The number of para-hydroxylation sites is 1. The highest BCUT2D eigenvalue weighted by Crippen LogP contribution is 2.18. The predicted molar refractivity (Wildman–Crippen MR) is 123 cm³/mol. The molecular formula is C23H26N6O3. The summed E-state index contributed by atoms with van der Waals surface area (Å²) in [6, 6.07) is 14.7. The van der Waals surface area contributed by atoms with Crippen LogP contribution in [0.2, 0.25) is 0 Å². The van der Waals surface area contributed by atoms with Crippen molar-refractivity contribution in [1.82, 2.24) is 24.1 Å². The molecule has 2 aromatic heterocycles. The number of rotatable bonds is 8. The van der Waals surface area contributed by atoms with E-state index in [0.717, 1.165) is 5.52 Å². The molecule has 0 aliphatic carbocycles. The Bertz CT molecular complexity index is 1330. The van der Waals surface area contributed by atoms with Gasteiger partial charge in [-0.2, -0.15) is 0 Å². The van der Waals surface area contributed by atoms with Crippen molar-refractivity contribution in [3.05, 3.63) is 64.7 Å². The highest BCUT2D eigenvalue weighted by Gasteiger charge is 2.18. The van der Waals surface area contributed by atoms with Gasteiger partial charge in [0.2, 0.25) is 11.7 Å². The van der Waals surface area contributed by atoms with Crippen LogP contribution in [0.1, 0.15) is 19.7 Å². The van der Waals surface area contributed by atoms with Crippen LogP contribution in [0, 0.1) is 0 Å². The fourth-order valence-electron chi connectivity index (χ4n) is 3.79. The molecule has 0 aliphatic heterocycles. The average Bonchev–Trinajstić information content (AvgIpc) is 3.22. The molecule has 0 saturated carbocycles. The van der Waals surface area contributed by atoms with Gasteiger partial charge in [-0.15, -0.1) is 10.2 Å². The van der Waals surface area contributed by atoms with Gasteiger partial charge in [-0.1, -0.05) is 25.1 Å². The number of nitrogens with one attached hydrogen (secondary N) is 1. The average molecular weight is 435 g/mol. The van der Waals surface area contributed by atoms with Gasteiger partial charge < -0.3 is 10.1 Å². The summed E-state index contributed by atoms with van der Waals surface area (Å²) in [6.07, 6.45) is 0. The first-order valence-corrected chi connectivity index (χ1v) is 10.6. The normalized spacial score (nSPS) is 11.4. The first-order chi connectivity index (χ1) is 15.5. The van der Waals surface area contributed by atoms with Crippen LogP contribution in [0.5, 0.6) is 5.75 Å². The van der Waals surface area contributed by atoms with Crippen LogP contribution in [-0.4, -0.2) is 50.2 Å². The van der Waals surface area contributed by atoms with Gasteiger partial charge in [0.1, 0.15) is 5.75 Å². The molecular weight excluding hydrogens is 408 g/mol. The maximum Gasteiger partial charge on any atom is 0.262 e. The van der Waals surface area contributed by atoms with Crippen molar-refractivity contribution < 1.29 is 9.53 Å². The monoisotopic (exact) mass is 434 g/mol. The highest BCUT2D eigenvalue weighted by molar-refractivity contribution is 5.92. The van der Waals surface area contributed by atoms with Crippen molar-refractivity contribution in [2.45, 2.75) is 26.9 Å². The van der Waals surface area contributed by atoms with E-state index >= 15 is 0 Å². The summed E-state index contributed by atoms with van der Waals surface area (Å²) in [5.74, 6) is 1.72. The second-order valence-corrected chi connectivity index (χ2v) is 7.40. The number of likely N-dealkylation sites (N-methyl/N-ethyl adjacent to an activating group) is 1. The van der Waals surface area contributed by atoms with E-state index in [1.165, 1.54) is 0 Å². The van der Waals surface area contributed by atoms with Gasteiger partial charge >= 0.3 is 0 Å². The predicted octanol–water partition coefficient (Wildman–Crippen LogP) is 2.53. The maximum absolute atomic E-state index is 12.8. The van der Waals surface area contributed by atoms with Crippen molar-refractivity contribution in [3.8, 4) is 5.75 Å². The molecule has 166 valence electrons. The number of nitrogens with zero attached hydrogens (tertiary/aromatic N) is 5. The van der Waals surface area contributed by atoms with Gasteiger partial charge in [0.15, 0.2) is 5.82 Å². The van der Waals surface area contributed by atoms with Gasteiger partial charge in [-0.05, 0) is 37.7 Å². The number of benzene rings is 2. The van der Waals surface area contributed by atoms with E-state index in [1.54, 1.807) is 17.7 Å². The number of aromatic nitrogens is 4. The van der Waals surface area contributed by atoms with E-state index in [0.29, 0.717) is 48.1 Å². The Morgan fingerprint density at radius 1 is 1.12 bits per heavy atom. The Morgan fingerprint density at radius 2 is 1.94 bits per heavy atom. The number of hydrogen-bond donors (Lipinski definition) is 1. The van der Waals surface area contributed by atoms with E-state index in [2.05, 4.69) is 15.5 Å². The zero-order chi connectivity index (χ0) is 22.7. The molecule has 0 saturated heterocycles. The number of fused-ring (bicyclic) bond motifs is 3. The summed E-state index contributed by atoms with van der Waals surface area (Å²) >= 11 is 0. The molecule has 0 fully saturated rings. The maximum atomic E-state index is 12.8. The minimum atomic E-state index is -0.135. The summed E-state index contributed by atoms with van der Waals surface area (Å²) in [4.78, 5) is 27.5. The second-order valence-electron chi connectivity index (χ2n) is 7.40. The van der Waals surface area contributed by atoms with Gasteiger partial charge in [-0.3, -0.25) is 23.5 Å². The lowest BCUT2D eigenvalue weighted by Gasteiger charge is -2.19. The quantitative estimate of drug-likeness (QED) is 0.458. The molecule has 0 spiro atoms. The third kappa shape index (κ3) is 4.06. The zero-order valence-electron chi connectivity index (χ0n) is 18.4. The molecule has 2 aromatic carbocycles. The molecule has 4 aromatic rings. The van der Waals surface area contributed by atoms with Crippen molar-refractivity contribution in [2.75, 3.05) is 25.5 Å². The SMILES string of the molecule is CCN(CC(=O)Nc1cccc(OC)c1)Cc1nnc2n(CC)c(=O)c3ccccc3n12. The minimum Gasteiger partial charge on any atom is -0.497 e. The molecule has 0 bridgehead atoms. The summed E-state index contributed by atoms with van der Waals surface area (Å²) in [5, 5.41) is 12.2. The van der Waals surface area contributed by atoms with E-state index < -0.39 is 0 Å². The molecule has 9 heteroatoms. The van der Waals surface area contributed by atoms with Crippen LogP contribution in [-0.2, 0) is 17.9 Å². The van der Waals surface area contributed by atoms with Gasteiger partial charge in [0.25, 0.3) is 5.56 Å². The smallest absolute Gasteiger partial charge is 0.262 e. The summed E-state index contributed by atoms with van der Waals surface area (Å²) in [7, 11) is 1.59. The number of anilines is 1. The fraction of sp³-hybridized carbons (Fsp3) is 0.304. The van der Waals surface area contributed by atoms with Gasteiger partial charge in [0, 0.05) is 18.3 Å². The Kier molecular flexibility index (Phi) is 6.18. The summed E-state index contributed by atoms with van der Waals surface area (Å²) in [6.45, 7) is 5.63. The number of amides is 1. The minimum absolute atomic E-state index is 0.0837. The summed E-state index contributed by atoms with van der Waals surface area (Å²) < 4.78 is 8.73. The number of ether oxygens (including phenoxy) is 1. The topological polar surface area (TPSA) is 93.8 Å². The lowest BCUT2D eigenvalue weighted by molar-refractivity contribution is -0.117. The van der Waals surface area contributed by atoms with Crippen LogP contribution in [0.25, 0.3) is 16.7 Å². The molecule has 9 nitrogen and oxygen atoms in total. The van der Waals surface area contributed by atoms with E-state index in [9.17, 15) is 9.59 Å². The number of carbonyl (C=O) groups excluding carboxylic acids is 1. The molecule has 0 aliphatic rings. The Hall–Kier alpha value is -3.72. The first-order valence-electron chi connectivity index (χ1n) is 10.6. The molecule has 0 radical (unpaired) electrons. The van der Waals surface area contributed by atoms with Gasteiger partial charge in [-0.25, -0.2) is 0 Å². The fourth-order valence-corrected chi connectivity index (χ4v) is 3.79. The van der Waals surface area contributed by atoms with Crippen LogP contribution in [0.4, 0.5) is 5.69 Å². The van der Waals surface area contributed by atoms with Crippen LogP contribution < -0.4 is 15.6 Å². The number of carbonyl (C=O) groups is 1. The van der Waals surface area contributed by atoms with Crippen molar-refractivity contribution in [2.24, 2.45) is 0 Å². The summed E-state index contributed by atoms with van der Waals surface area (Å²) in [5.41, 5.74) is 1.35. The van der Waals surface area contributed by atoms with Crippen molar-refractivity contribution >= 4 is 28.3 Å². The van der Waals surface area contributed by atoms with Crippen molar-refractivity contribution in [3.63, 3.8) is 0 Å². The largest absolute Gasteiger partial charge is 0.497 e. The molecule has 0 atom stereocenters. The highest BCUT2D eigenvalue weighted by atomic mass is 16.5. The van der Waals surface area contributed by atoms with Crippen LogP contribution in [0.3, 0.4) is 0 Å². The first kappa shape index (κ1) is 21.5. The lowest BCUT2D eigenvalue weighted by atomic mass is 10.2. The molecule has 1 N–H and O–H groups in total. The lowest BCUT2D eigenvalue weighted by Crippen LogP contribution is -2.33. The van der Waals surface area contributed by atoms with E-state index in [4.69, 9.17) is 4.74 Å². The molecule has 0 unspecified atom stereocenters. The van der Waals surface area contributed by atoms with Crippen molar-refractivity contribution in [1.29, 1.82) is 0 Å². The third-order valence-electron chi connectivity index (χ3n) is 5.42. The second kappa shape index (κ2) is 9.19. The zero-order valence-corrected chi connectivity index (χ0v) is 18.4. The number of aryl methyl sites for hydroxylation is 1. The van der Waals surface area contributed by atoms with E-state index in [1.807, 2.05) is 65.6 Å². The number of hydrogen-bond acceptors (Lipinski definition) is 6. The van der Waals surface area contributed by atoms with Crippen LogP contribution in [0.15, 0.2) is 53.3 Å². The molecule has 4 rings (SSSR count). The third-order valence-corrected chi connectivity index (χ3v) is 5.42. The molecule has 1 amide bonds. The Balaban J connectivity index is 1.61. The molecule has 2 heterocycles. The molecule has 32 heavy (non-hydrogen) atoms. The van der Waals surface area contributed by atoms with Crippen LogP contribution >= 0.6 is 0 Å². The Labute approximate surface area is 185 Å².